The first-order chi connectivity index (χ1) is 10.8. The molecule has 138 valence electrons. The number of benzene rings is 1. The second-order valence-corrected chi connectivity index (χ2v) is 7.34. The second kappa shape index (κ2) is 8.89. The summed E-state index contributed by atoms with van der Waals surface area (Å²) in [4.78, 5) is -0.262. The molecule has 0 amide bonds. The quantitative estimate of drug-likeness (QED) is 0.813. The highest BCUT2D eigenvalue weighted by Crippen LogP contribution is 2.27. The molecule has 1 aliphatic rings. The minimum Gasteiger partial charge on any atom is -0.432 e. The summed E-state index contributed by atoms with van der Waals surface area (Å²) in [5.74, 6) is -1.62. The van der Waals surface area contributed by atoms with Gasteiger partial charge < -0.3 is 10.1 Å². The number of rotatable bonds is 6. The number of nitrogens with zero attached hydrogens (tertiary/aromatic N) is 1. The molecule has 10 heteroatoms. The second-order valence-electron chi connectivity index (χ2n) is 5.40. The Kier molecular flexibility index (Phi) is 7.78. The molecule has 1 heterocycles. The average Bonchev–Trinajstić information content (AvgIpc) is 2.49. The van der Waals surface area contributed by atoms with Crippen molar-refractivity contribution in [3.8, 4) is 5.75 Å². The Morgan fingerprint density at radius 2 is 2.12 bits per heavy atom. The van der Waals surface area contributed by atoms with E-state index in [-0.39, 0.29) is 23.2 Å². The van der Waals surface area contributed by atoms with Gasteiger partial charge in [0.05, 0.1) is 4.90 Å². The number of hydrogen-bond acceptors (Lipinski definition) is 4. The zero-order chi connectivity index (χ0) is 17.0. The van der Waals surface area contributed by atoms with Crippen molar-refractivity contribution < 1.29 is 26.3 Å². The number of piperidine rings is 1. The van der Waals surface area contributed by atoms with Crippen LogP contribution in [0.2, 0.25) is 0 Å². The van der Waals surface area contributed by atoms with Crippen molar-refractivity contribution in [2.75, 3.05) is 26.7 Å². The van der Waals surface area contributed by atoms with E-state index in [2.05, 4.69) is 10.1 Å². The molecule has 0 aromatic heterocycles. The van der Waals surface area contributed by atoms with Gasteiger partial charge in [-0.25, -0.2) is 12.8 Å². The van der Waals surface area contributed by atoms with Crippen LogP contribution in [-0.2, 0) is 10.0 Å². The van der Waals surface area contributed by atoms with Crippen molar-refractivity contribution in [1.82, 2.24) is 9.62 Å². The summed E-state index contributed by atoms with van der Waals surface area (Å²) in [5, 5.41) is 3.01. The molecule has 1 aromatic rings. The lowest BCUT2D eigenvalue weighted by molar-refractivity contribution is -0.0522. The fraction of sp³-hybridized carbons (Fsp3) is 0.571. The molecular formula is C14H20ClF3N2O3S. The monoisotopic (exact) mass is 388 g/mol. The molecule has 1 aromatic carbocycles. The van der Waals surface area contributed by atoms with E-state index < -0.39 is 28.2 Å². The number of halogens is 4. The molecule has 1 fully saturated rings. The zero-order valence-electron chi connectivity index (χ0n) is 13.0. The lowest BCUT2D eigenvalue weighted by Crippen LogP contribution is -2.42. The number of ether oxygens (including phenoxy) is 1. The summed E-state index contributed by atoms with van der Waals surface area (Å²) in [6.07, 6.45) is 1.64. The van der Waals surface area contributed by atoms with Crippen LogP contribution >= 0.6 is 12.4 Å². The molecule has 1 aliphatic heterocycles. The van der Waals surface area contributed by atoms with Crippen molar-refractivity contribution >= 4 is 22.4 Å². The van der Waals surface area contributed by atoms with Crippen LogP contribution in [-0.4, -0.2) is 46.0 Å². The number of nitrogens with one attached hydrogen (secondary N) is 1. The fourth-order valence-corrected chi connectivity index (χ4v) is 4.25. The Labute approximate surface area is 145 Å². The predicted octanol–water partition coefficient (Wildman–Crippen LogP) is 2.47. The SMILES string of the molecule is CNCC1CCCN(S(=O)(=O)c2ccc(OC(F)F)c(F)c2)C1.Cl. The highest BCUT2D eigenvalue weighted by atomic mass is 35.5. The molecule has 1 saturated heterocycles. The van der Waals surface area contributed by atoms with E-state index >= 15 is 0 Å². The van der Waals surface area contributed by atoms with Crippen molar-refractivity contribution in [3.63, 3.8) is 0 Å². The van der Waals surface area contributed by atoms with Gasteiger partial charge >= 0.3 is 6.61 Å². The molecular weight excluding hydrogens is 369 g/mol. The first-order valence-corrected chi connectivity index (χ1v) is 8.67. The van der Waals surface area contributed by atoms with Gasteiger partial charge in [0.25, 0.3) is 0 Å². The Morgan fingerprint density at radius 3 is 2.71 bits per heavy atom. The Balaban J connectivity index is 0.00000288. The van der Waals surface area contributed by atoms with E-state index in [1.807, 2.05) is 0 Å². The molecule has 0 bridgehead atoms. The minimum atomic E-state index is -3.86. The lowest BCUT2D eigenvalue weighted by atomic mass is 10.00. The maximum Gasteiger partial charge on any atom is 0.387 e. The molecule has 0 saturated carbocycles. The van der Waals surface area contributed by atoms with Gasteiger partial charge in [-0.15, -0.1) is 12.4 Å². The third-order valence-corrected chi connectivity index (χ3v) is 5.59. The third kappa shape index (κ3) is 4.98. The Hall–Kier alpha value is -1.03. The topological polar surface area (TPSA) is 58.6 Å². The average molecular weight is 389 g/mol. The van der Waals surface area contributed by atoms with E-state index in [1.165, 1.54) is 4.31 Å². The van der Waals surface area contributed by atoms with Gasteiger partial charge in [0.2, 0.25) is 10.0 Å². The third-order valence-electron chi connectivity index (χ3n) is 3.73. The molecule has 1 N–H and O–H groups in total. The van der Waals surface area contributed by atoms with Gasteiger partial charge in [-0.05, 0) is 50.6 Å². The summed E-state index contributed by atoms with van der Waals surface area (Å²) in [7, 11) is -2.06. The van der Waals surface area contributed by atoms with Gasteiger partial charge in [-0.1, -0.05) is 0 Å². The number of hydrogen-bond donors (Lipinski definition) is 1. The Bertz CT molecular complexity index is 644. The van der Waals surface area contributed by atoms with E-state index in [1.54, 1.807) is 7.05 Å². The highest BCUT2D eigenvalue weighted by molar-refractivity contribution is 7.89. The van der Waals surface area contributed by atoms with Crippen molar-refractivity contribution in [2.45, 2.75) is 24.3 Å². The summed E-state index contributed by atoms with van der Waals surface area (Å²) >= 11 is 0. The maximum absolute atomic E-state index is 13.8. The number of alkyl halides is 2. The van der Waals surface area contributed by atoms with Crippen LogP contribution in [0.5, 0.6) is 5.75 Å². The summed E-state index contributed by atoms with van der Waals surface area (Å²) in [5.41, 5.74) is 0. The van der Waals surface area contributed by atoms with Gasteiger partial charge in [0.15, 0.2) is 11.6 Å². The molecule has 1 atom stereocenters. The molecule has 0 spiro atoms. The van der Waals surface area contributed by atoms with Crippen molar-refractivity contribution in [3.05, 3.63) is 24.0 Å². The Morgan fingerprint density at radius 1 is 1.42 bits per heavy atom. The van der Waals surface area contributed by atoms with Crippen LogP contribution in [0.1, 0.15) is 12.8 Å². The largest absolute Gasteiger partial charge is 0.432 e. The van der Waals surface area contributed by atoms with E-state index in [9.17, 15) is 21.6 Å². The van der Waals surface area contributed by atoms with Crippen LogP contribution in [0.15, 0.2) is 23.1 Å². The van der Waals surface area contributed by atoms with E-state index in [0.717, 1.165) is 25.0 Å². The normalized spacial score (nSPS) is 19.1. The first kappa shape index (κ1) is 21.0. The smallest absolute Gasteiger partial charge is 0.387 e. The van der Waals surface area contributed by atoms with Crippen molar-refractivity contribution in [2.24, 2.45) is 5.92 Å². The van der Waals surface area contributed by atoms with Gasteiger partial charge in [0, 0.05) is 13.1 Å². The van der Waals surface area contributed by atoms with E-state index in [4.69, 9.17) is 0 Å². The lowest BCUT2D eigenvalue weighted by Gasteiger charge is -2.31. The first-order valence-electron chi connectivity index (χ1n) is 7.23. The van der Waals surface area contributed by atoms with Crippen molar-refractivity contribution in [1.29, 1.82) is 0 Å². The molecule has 1 unspecified atom stereocenters. The molecule has 0 aliphatic carbocycles. The van der Waals surface area contributed by atoms with Crippen LogP contribution in [0, 0.1) is 11.7 Å². The van der Waals surface area contributed by atoms with E-state index in [0.29, 0.717) is 25.7 Å². The van der Waals surface area contributed by atoms with Crippen LogP contribution < -0.4 is 10.1 Å². The number of sulfonamides is 1. The summed E-state index contributed by atoms with van der Waals surface area (Å²) in [6.45, 7) is -1.77. The highest BCUT2D eigenvalue weighted by Gasteiger charge is 2.30. The minimum absolute atomic E-state index is 0. The molecule has 0 radical (unpaired) electrons. The van der Waals surface area contributed by atoms with Gasteiger partial charge in [-0.2, -0.15) is 13.1 Å². The summed E-state index contributed by atoms with van der Waals surface area (Å²) < 4.78 is 68.4. The molecule has 5 nitrogen and oxygen atoms in total. The fourth-order valence-electron chi connectivity index (χ4n) is 2.68. The van der Waals surface area contributed by atoms with Gasteiger partial charge in [0.1, 0.15) is 0 Å². The molecule has 24 heavy (non-hydrogen) atoms. The standard InChI is InChI=1S/C14H19F3N2O3S.ClH/c1-18-8-10-3-2-6-19(9-10)23(20,21)11-4-5-13(12(15)7-11)22-14(16)17;/h4-5,7,10,14,18H,2-3,6,8-9H2,1H3;1H. The van der Waals surface area contributed by atoms with Crippen LogP contribution in [0.4, 0.5) is 13.2 Å². The zero-order valence-corrected chi connectivity index (χ0v) is 14.7. The predicted molar refractivity (Wildman–Crippen MR) is 85.7 cm³/mol. The maximum atomic E-state index is 13.8. The molecule has 2 rings (SSSR count). The van der Waals surface area contributed by atoms with Gasteiger partial charge in [-0.3, -0.25) is 0 Å². The van der Waals surface area contributed by atoms with Crippen LogP contribution in [0.25, 0.3) is 0 Å². The van der Waals surface area contributed by atoms with Crippen LogP contribution in [0.3, 0.4) is 0 Å². The summed E-state index contributed by atoms with van der Waals surface area (Å²) in [6, 6.07) is 2.70.